The first-order chi connectivity index (χ1) is 5.74. The van der Waals surface area contributed by atoms with Crippen molar-refractivity contribution in [3.63, 3.8) is 0 Å². The van der Waals surface area contributed by atoms with Gasteiger partial charge in [0.05, 0.1) is 11.1 Å². The van der Waals surface area contributed by atoms with Crippen LogP contribution < -0.4 is 4.74 Å². The second kappa shape index (κ2) is 4.72. The van der Waals surface area contributed by atoms with Crippen molar-refractivity contribution in [2.24, 2.45) is 0 Å². The smallest absolute Gasteiger partial charge is 0.133 e. The summed E-state index contributed by atoms with van der Waals surface area (Å²) in [5.41, 5.74) is 0. The highest BCUT2D eigenvalue weighted by molar-refractivity contribution is 9.10. The molecule has 0 aliphatic rings. The molecule has 1 aromatic carbocycles. The van der Waals surface area contributed by atoms with E-state index in [-0.39, 0.29) is 5.82 Å². The third kappa shape index (κ3) is 2.68. The number of rotatable bonds is 3. The van der Waals surface area contributed by atoms with E-state index in [4.69, 9.17) is 4.74 Å². The molecule has 0 aromatic heterocycles. The molecule has 0 heterocycles. The van der Waals surface area contributed by atoms with E-state index < -0.39 is 0 Å². The summed E-state index contributed by atoms with van der Waals surface area (Å²) in [6, 6.07) is 4.31. The van der Waals surface area contributed by atoms with Gasteiger partial charge in [0.25, 0.3) is 0 Å². The molecular weight excluding hydrogens is 243 g/mol. The van der Waals surface area contributed by atoms with Gasteiger partial charge in [0.2, 0.25) is 0 Å². The molecule has 0 spiro atoms. The fourth-order valence-electron chi connectivity index (χ4n) is 0.748. The molecule has 1 aromatic rings. The van der Waals surface area contributed by atoms with Crippen molar-refractivity contribution in [1.29, 1.82) is 0 Å². The second-order valence-corrected chi connectivity index (χ2v) is 3.45. The number of thiol groups is 1. The Balaban J connectivity index is 2.72. The van der Waals surface area contributed by atoms with Gasteiger partial charge in [0, 0.05) is 5.75 Å². The van der Waals surface area contributed by atoms with Gasteiger partial charge in [-0.1, -0.05) is 0 Å². The van der Waals surface area contributed by atoms with Gasteiger partial charge in [-0.25, -0.2) is 4.39 Å². The van der Waals surface area contributed by atoms with E-state index in [1.54, 1.807) is 6.07 Å². The Hall–Kier alpha value is -0.220. The monoisotopic (exact) mass is 250 g/mol. The molecule has 0 bridgehead atoms. The molecule has 0 fully saturated rings. The van der Waals surface area contributed by atoms with Crippen LogP contribution in [0.5, 0.6) is 5.75 Å². The van der Waals surface area contributed by atoms with Crippen LogP contribution in [-0.2, 0) is 0 Å². The molecule has 4 heteroatoms. The van der Waals surface area contributed by atoms with Crippen LogP contribution in [0.1, 0.15) is 0 Å². The molecule has 0 aliphatic carbocycles. The highest BCUT2D eigenvalue weighted by atomic mass is 79.9. The summed E-state index contributed by atoms with van der Waals surface area (Å²) in [6.45, 7) is 0.521. The zero-order valence-electron chi connectivity index (χ0n) is 6.26. The maximum absolute atomic E-state index is 12.6. The molecule has 0 N–H and O–H groups in total. The molecule has 1 rings (SSSR count). The first-order valence-electron chi connectivity index (χ1n) is 3.43. The Morgan fingerprint density at radius 3 is 2.83 bits per heavy atom. The van der Waals surface area contributed by atoms with Gasteiger partial charge in [-0.2, -0.15) is 12.6 Å². The summed E-state index contributed by atoms with van der Waals surface area (Å²) in [5, 5.41) is 0. The van der Waals surface area contributed by atoms with Crippen LogP contribution in [0.3, 0.4) is 0 Å². The van der Waals surface area contributed by atoms with Gasteiger partial charge in [-0.3, -0.25) is 0 Å². The Kier molecular flexibility index (Phi) is 3.88. The fraction of sp³-hybridized carbons (Fsp3) is 0.250. The van der Waals surface area contributed by atoms with Crippen molar-refractivity contribution in [2.75, 3.05) is 12.4 Å². The lowest BCUT2D eigenvalue weighted by molar-refractivity contribution is 0.341. The molecular formula is C8H8BrFOS. The van der Waals surface area contributed by atoms with E-state index in [9.17, 15) is 4.39 Å². The summed E-state index contributed by atoms with van der Waals surface area (Å²) in [5.74, 6) is 1.01. The summed E-state index contributed by atoms with van der Waals surface area (Å²) in [7, 11) is 0. The molecule has 0 radical (unpaired) electrons. The lowest BCUT2D eigenvalue weighted by Crippen LogP contribution is -1.98. The van der Waals surface area contributed by atoms with Crippen LogP contribution in [0.2, 0.25) is 0 Å². The van der Waals surface area contributed by atoms with Crippen LogP contribution in [0, 0.1) is 5.82 Å². The van der Waals surface area contributed by atoms with Gasteiger partial charge in [-0.15, -0.1) is 0 Å². The predicted octanol–water partition coefficient (Wildman–Crippen LogP) is 2.90. The van der Waals surface area contributed by atoms with Crippen molar-refractivity contribution < 1.29 is 9.13 Å². The molecule has 0 unspecified atom stereocenters. The van der Waals surface area contributed by atoms with Crippen LogP contribution in [-0.4, -0.2) is 12.4 Å². The minimum atomic E-state index is -0.278. The predicted molar refractivity (Wildman–Crippen MR) is 53.4 cm³/mol. The van der Waals surface area contributed by atoms with E-state index in [2.05, 4.69) is 28.6 Å². The summed E-state index contributed by atoms with van der Waals surface area (Å²) >= 11 is 7.18. The molecule has 66 valence electrons. The quantitative estimate of drug-likeness (QED) is 0.812. The average molecular weight is 251 g/mol. The Morgan fingerprint density at radius 2 is 2.25 bits per heavy atom. The first kappa shape index (κ1) is 9.86. The Morgan fingerprint density at radius 1 is 1.50 bits per heavy atom. The minimum absolute atomic E-state index is 0.278. The maximum Gasteiger partial charge on any atom is 0.133 e. The van der Waals surface area contributed by atoms with Gasteiger partial charge in [-0.05, 0) is 34.1 Å². The van der Waals surface area contributed by atoms with Gasteiger partial charge < -0.3 is 4.74 Å². The number of halogens is 2. The third-order valence-corrected chi connectivity index (χ3v) is 2.05. The lowest BCUT2D eigenvalue weighted by Gasteiger charge is -2.05. The second-order valence-electron chi connectivity index (χ2n) is 2.15. The van der Waals surface area contributed by atoms with E-state index in [0.29, 0.717) is 22.6 Å². The first-order valence-corrected chi connectivity index (χ1v) is 4.85. The van der Waals surface area contributed by atoms with Crippen LogP contribution in [0.15, 0.2) is 22.7 Å². The molecule has 0 amide bonds. The lowest BCUT2D eigenvalue weighted by atomic mass is 10.3. The van der Waals surface area contributed by atoms with Crippen molar-refractivity contribution in [3.05, 3.63) is 28.5 Å². The van der Waals surface area contributed by atoms with Crippen molar-refractivity contribution >= 4 is 28.6 Å². The van der Waals surface area contributed by atoms with Gasteiger partial charge in [0.15, 0.2) is 0 Å². The SMILES string of the molecule is Fc1ccc(OCCS)c(Br)c1. The van der Waals surface area contributed by atoms with Crippen LogP contribution >= 0.6 is 28.6 Å². The standard InChI is InChI=1S/C8H8BrFOS/c9-7-5-6(10)1-2-8(7)11-3-4-12/h1-2,5,12H,3-4H2. The van der Waals surface area contributed by atoms with Crippen molar-refractivity contribution in [3.8, 4) is 5.75 Å². The number of ether oxygens (including phenoxy) is 1. The molecule has 0 saturated heterocycles. The number of hydrogen-bond donors (Lipinski definition) is 1. The summed E-state index contributed by atoms with van der Waals surface area (Å²) in [4.78, 5) is 0. The molecule has 0 atom stereocenters. The van der Waals surface area contributed by atoms with E-state index in [1.165, 1.54) is 12.1 Å². The highest BCUT2D eigenvalue weighted by Crippen LogP contribution is 2.25. The van der Waals surface area contributed by atoms with Crippen molar-refractivity contribution in [1.82, 2.24) is 0 Å². The van der Waals surface area contributed by atoms with E-state index in [1.807, 2.05) is 0 Å². The topological polar surface area (TPSA) is 9.23 Å². The molecule has 0 saturated carbocycles. The molecule has 1 nitrogen and oxygen atoms in total. The minimum Gasteiger partial charge on any atom is -0.492 e. The zero-order chi connectivity index (χ0) is 8.97. The maximum atomic E-state index is 12.6. The molecule has 0 aliphatic heterocycles. The number of benzene rings is 1. The Labute approximate surface area is 84.5 Å². The number of hydrogen-bond acceptors (Lipinski definition) is 2. The Bertz CT molecular complexity index is 267. The third-order valence-electron chi connectivity index (χ3n) is 1.24. The van der Waals surface area contributed by atoms with Gasteiger partial charge in [0.1, 0.15) is 11.6 Å². The molecule has 12 heavy (non-hydrogen) atoms. The summed E-state index contributed by atoms with van der Waals surface area (Å²) in [6.07, 6.45) is 0. The summed E-state index contributed by atoms with van der Waals surface area (Å²) < 4.78 is 18.4. The van der Waals surface area contributed by atoms with Crippen LogP contribution in [0.25, 0.3) is 0 Å². The van der Waals surface area contributed by atoms with Crippen molar-refractivity contribution in [2.45, 2.75) is 0 Å². The van der Waals surface area contributed by atoms with Gasteiger partial charge >= 0.3 is 0 Å². The normalized spacial score (nSPS) is 9.92. The van der Waals surface area contributed by atoms with E-state index in [0.717, 1.165) is 0 Å². The van der Waals surface area contributed by atoms with E-state index >= 15 is 0 Å². The average Bonchev–Trinajstić information content (AvgIpc) is 2.03. The fourth-order valence-corrected chi connectivity index (χ4v) is 1.30. The zero-order valence-corrected chi connectivity index (χ0v) is 8.74. The largest absolute Gasteiger partial charge is 0.492 e. The van der Waals surface area contributed by atoms with Crippen LogP contribution in [0.4, 0.5) is 4.39 Å². The highest BCUT2D eigenvalue weighted by Gasteiger charge is 2.00.